The normalized spacial score (nSPS) is 24.7. The predicted octanol–water partition coefficient (Wildman–Crippen LogP) is 4.88. The first-order chi connectivity index (χ1) is 9.99. The molecule has 1 aliphatic rings. The summed E-state index contributed by atoms with van der Waals surface area (Å²) >= 11 is 3.25. The minimum atomic E-state index is -0.361. The smallest absolute Gasteiger partial charge is 0.137 e. The molecule has 0 saturated heterocycles. The summed E-state index contributed by atoms with van der Waals surface area (Å²) in [6.07, 6.45) is 2.78. The highest BCUT2D eigenvalue weighted by molar-refractivity contribution is 9.10. The molecule has 110 valence electrons. The van der Waals surface area contributed by atoms with Crippen LogP contribution in [0.3, 0.4) is 0 Å². The van der Waals surface area contributed by atoms with E-state index in [4.69, 9.17) is 5.73 Å². The van der Waals surface area contributed by atoms with E-state index in [9.17, 15) is 4.39 Å². The van der Waals surface area contributed by atoms with Crippen LogP contribution in [0.5, 0.6) is 0 Å². The Kier molecular flexibility index (Phi) is 3.89. The quantitative estimate of drug-likeness (QED) is 0.822. The molecule has 0 amide bonds. The van der Waals surface area contributed by atoms with Crippen molar-refractivity contribution in [2.24, 2.45) is 5.73 Å². The van der Waals surface area contributed by atoms with E-state index in [1.54, 1.807) is 0 Å². The summed E-state index contributed by atoms with van der Waals surface area (Å²) in [5.41, 5.74) is 10.0. The topological polar surface area (TPSA) is 26.0 Å². The van der Waals surface area contributed by atoms with E-state index in [1.165, 1.54) is 17.2 Å². The zero-order chi connectivity index (χ0) is 15.0. The lowest BCUT2D eigenvalue weighted by Crippen LogP contribution is -2.42. The van der Waals surface area contributed by atoms with Crippen molar-refractivity contribution in [3.05, 3.63) is 69.4 Å². The molecule has 0 aromatic heterocycles. The highest BCUT2D eigenvalue weighted by atomic mass is 79.9. The minimum absolute atomic E-state index is 0.234. The molecule has 2 unspecified atom stereocenters. The van der Waals surface area contributed by atoms with Crippen molar-refractivity contribution in [3.8, 4) is 0 Å². The maximum absolute atomic E-state index is 13.4. The van der Waals surface area contributed by atoms with Gasteiger partial charge in [-0.15, -0.1) is 0 Å². The number of rotatable bonds is 2. The molecule has 3 heteroatoms. The molecule has 3 rings (SSSR count). The zero-order valence-corrected chi connectivity index (χ0v) is 13.7. The molecule has 0 heterocycles. The summed E-state index contributed by atoms with van der Waals surface area (Å²) in [4.78, 5) is 0. The lowest BCUT2D eigenvalue weighted by molar-refractivity contribution is 0.348. The summed E-state index contributed by atoms with van der Waals surface area (Å²) in [5.74, 6) is 0.320. The number of nitrogens with two attached hydrogens (primary N) is 1. The van der Waals surface area contributed by atoms with Crippen LogP contribution in [0.4, 0.5) is 4.39 Å². The largest absolute Gasteiger partial charge is 0.321 e. The second-order valence-electron chi connectivity index (χ2n) is 6.11. The Morgan fingerprint density at radius 1 is 1.29 bits per heavy atom. The van der Waals surface area contributed by atoms with Crippen LogP contribution in [0.1, 0.15) is 42.4 Å². The van der Waals surface area contributed by atoms with Crippen molar-refractivity contribution < 1.29 is 4.39 Å². The van der Waals surface area contributed by atoms with Crippen molar-refractivity contribution in [1.82, 2.24) is 0 Å². The molecule has 1 nitrogen and oxygen atoms in total. The lowest BCUT2D eigenvalue weighted by atomic mass is 9.70. The summed E-state index contributed by atoms with van der Waals surface area (Å²) in [7, 11) is 0. The van der Waals surface area contributed by atoms with E-state index in [0.29, 0.717) is 10.4 Å². The third-order valence-electron chi connectivity index (χ3n) is 4.56. The van der Waals surface area contributed by atoms with Gasteiger partial charge in [-0.1, -0.05) is 37.3 Å². The SMILES string of the molecule is CC1CCC(N)(Cc2ccc(F)c(Br)c2)c2ccccc21. The van der Waals surface area contributed by atoms with Crippen LogP contribution in [-0.4, -0.2) is 0 Å². The second-order valence-corrected chi connectivity index (χ2v) is 6.96. The molecule has 2 atom stereocenters. The number of benzene rings is 2. The third-order valence-corrected chi connectivity index (χ3v) is 5.16. The summed E-state index contributed by atoms with van der Waals surface area (Å²) in [5, 5.41) is 0. The first kappa shape index (κ1) is 14.7. The maximum atomic E-state index is 13.4. The average molecular weight is 348 g/mol. The van der Waals surface area contributed by atoms with Crippen LogP contribution in [0.15, 0.2) is 46.9 Å². The van der Waals surface area contributed by atoms with Gasteiger partial charge in [-0.3, -0.25) is 0 Å². The van der Waals surface area contributed by atoms with Crippen LogP contribution >= 0.6 is 15.9 Å². The Labute approximate surface area is 133 Å². The van der Waals surface area contributed by atoms with Gasteiger partial charge in [0.05, 0.1) is 4.47 Å². The fourth-order valence-corrected chi connectivity index (χ4v) is 3.77. The molecule has 0 fully saturated rings. The van der Waals surface area contributed by atoms with Crippen molar-refractivity contribution in [3.63, 3.8) is 0 Å². The summed E-state index contributed by atoms with van der Waals surface area (Å²) in [6, 6.07) is 13.6. The number of halogens is 2. The maximum Gasteiger partial charge on any atom is 0.137 e. The van der Waals surface area contributed by atoms with Crippen LogP contribution in [0.2, 0.25) is 0 Å². The van der Waals surface area contributed by atoms with Gasteiger partial charge in [0.25, 0.3) is 0 Å². The van der Waals surface area contributed by atoms with Gasteiger partial charge in [-0.25, -0.2) is 4.39 Å². The zero-order valence-electron chi connectivity index (χ0n) is 12.1. The number of hydrogen-bond donors (Lipinski definition) is 1. The highest BCUT2D eigenvalue weighted by Crippen LogP contribution is 2.41. The van der Waals surface area contributed by atoms with E-state index in [-0.39, 0.29) is 11.4 Å². The van der Waals surface area contributed by atoms with Crippen molar-refractivity contribution in [2.45, 2.75) is 37.6 Å². The molecule has 2 N–H and O–H groups in total. The predicted molar refractivity (Wildman–Crippen MR) is 87.8 cm³/mol. The first-order valence-corrected chi connectivity index (χ1v) is 8.11. The van der Waals surface area contributed by atoms with E-state index in [1.807, 2.05) is 12.1 Å². The summed E-state index contributed by atoms with van der Waals surface area (Å²) < 4.78 is 13.9. The molecule has 2 aromatic carbocycles. The Hall–Kier alpha value is -1.19. The van der Waals surface area contributed by atoms with Crippen molar-refractivity contribution in [1.29, 1.82) is 0 Å². The fraction of sp³-hybridized carbons (Fsp3) is 0.333. The molecule has 0 radical (unpaired) electrons. The van der Waals surface area contributed by atoms with Crippen LogP contribution in [0, 0.1) is 5.82 Å². The second kappa shape index (κ2) is 5.54. The van der Waals surface area contributed by atoms with Crippen LogP contribution in [0.25, 0.3) is 0 Å². The Bertz CT molecular complexity index is 670. The first-order valence-electron chi connectivity index (χ1n) is 7.32. The number of fused-ring (bicyclic) bond motifs is 1. The van der Waals surface area contributed by atoms with Gasteiger partial charge < -0.3 is 5.73 Å². The minimum Gasteiger partial charge on any atom is -0.321 e. The molecule has 0 aliphatic heterocycles. The van der Waals surface area contributed by atoms with E-state index in [2.05, 4.69) is 47.1 Å². The molecule has 2 aromatic rings. The van der Waals surface area contributed by atoms with Crippen molar-refractivity contribution in [2.75, 3.05) is 0 Å². The standard InChI is InChI=1S/C18H19BrFN/c1-12-8-9-18(21,15-5-3-2-4-14(12)15)11-13-6-7-17(20)16(19)10-13/h2-7,10,12H,8-9,11,21H2,1H3. The Morgan fingerprint density at radius 2 is 2.05 bits per heavy atom. The molecular formula is C18H19BrFN. The van der Waals surface area contributed by atoms with Crippen LogP contribution in [-0.2, 0) is 12.0 Å². The van der Waals surface area contributed by atoms with Gasteiger partial charge in [0.15, 0.2) is 0 Å². The van der Waals surface area contributed by atoms with E-state index < -0.39 is 0 Å². The van der Waals surface area contributed by atoms with Gasteiger partial charge in [-0.05, 0) is 69.9 Å². The monoisotopic (exact) mass is 347 g/mol. The highest BCUT2D eigenvalue weighted by Gasteiger charge is 2.35. The van der Waals surface area contributed by atoms with E-state index in [0.717, 1.165) is 24.8 Å². The molecule has 21 heavy (non-hydrogen) atoms. The molecule has 0 saturated carbocycles. The average Bonchev–Trinajstić information content (AvgIpc) is 2.48. The van der Waals surface area contributed by atoms with Crippen molar-refractivity contribution >= 4 is 15.9 Å². The molecule has 0 spiro atoms. The number of hydrogen-bond acceptors (Lipinski definition) is 1. The Balaban J connectivity index is 1.97. The summed E-state index contributed by atoms with van der Waals surface area (Å²) in [6.45, 7) is 2.26. The molecule has 0 bridgehead atoms. The van der Waals surface area contributed by atoms with Gasteiger partial charge in [0, 0.05) is 5.54 Å². The van der Waals surface area contributed by atoms with Crippen LogP contribution < -0.4 is 5.73 Å². The Morgan fingerprint density at radius 3 is 2.81 bits per heavy atom. The van der Waals surface area contributed by atoms with Gasteiger partial charge >= 0.3 is 0 Å². The van der Waals surface area contributed by atoms with Gasteiger partial charge in [-0.2, -0.15) is 0 Å². The third kappa shape index (κ3) is 2.77. The molecule has 1 aliphatic carbocycles. The molecular weight excluding hydrogens is 329 g/mol. The van der Waals surface area contributed by atoms with Gasteiger partial charge in [0.2, 0.25) is 0 Å². The fourth-order valence-electron chi connectivity index (χ4n) is 3.34. The van der Waals surface area contributed by atoms with E-state index >= 15 is 0 Å². The lowest BCUT2D eigenvalue weighted by Gasteiger charge is -2.38. The van der Waals surface area contributed by atoms with Gasteiger partial charge in [0.1, 0.15) is 5.82 Å².